The molecule has 1 fully saturated rings. The first-order valence-corrected chi connectivity index (χ1v) is 5.92. The first kappa shape index (κ1) is 10.7. The molecule has 15 heavy (non-hydrogen) atoms. The van der Waals surface area contributed by atoms with Crippen molar-refractivity contribution in [2.75, 3.05) is 0 Å². The van der Waals surface area contributed by atoms with Crippen LogP contribution in [-0.2, 0) is 6.42 Å². The van der Waals surface area contributed by atoms with E-state index in [4.69, 9.17) is 0 Å². The van der Waals surface area contributed by atoms with Crippen molar-refractivity contribution in [1.29, 1.82) is 0 Å². The monoisotopic (exact) mass is 204 g/mol. The number of aliphatic hydroxyl groups is 1. The third kappa shape index (κ3) is 3.67. The van der Waals surface area contributed by atoms with Crippen LogP contribution in [0.5, 0.6) is 0 Å². The summed E-state index contributed by atoms with van der Waals surface area (Å²) in [6, 6.07) is 10.3. The summed E-state index contributed by atoms with van der Waals surface area (Å²) in [5.74, 6) is 0.909. The minimum absolute atomic E-state index is 0.524. The van der Waals surface area contributed by atoms with Gasteiger partial charge in [-0.1, -0.05) is 43.2 Å². The topological polar surface area (TPSA) is 20.2 Å². The molecule has 82 valence electrons. The maximum Gasteiger partial charge on any atom is 0.0660 e. The lowest BCUT2D eigenvalue weighted by atomic mass is 9.91. The molecule has 2 rings (SSSR count). The first-order chi connectivity index (χ1) is 7.16. The highest BCUT2D eigenvalue weighted by Gasteiger charge is 2.27. The van der Waals surface area contributed by atoms with Gasteiger partial charge in [0.2, 0.25) is 0 Å². The van der Waals surface area contributed by atoms with E-state index in [1.807, 2.05) is 25.1 Å². The first-order valence-electron chi connectivity index (χ1n) is 5.92. The predicted molar refractivity (Wildman–Crippen MR) is 62.7 cm³/mol. The second kappa shape index (κ2) is 4.36. The van der Waals surface area contributed by atoms with Gasteiger partial charge in [-0.25, -0.2) is 0 Å². The van der Waals surface area contributed by atoms with Crippen LogP contribution in [0.25, 0.3) is 0 Å². The SMILES string of the molecule is CC(O)(CCC1CC1)Cc1ccccc1. The number of hydrogen-bond acceptors (Lipinski definition) is 1. The van der Waals surface area contributed by atoms with Gasteiger partial charge < -0.3 is 5.11 Å². The zero-order valence-corrected chi connectivity index (χ0v) is 9.45. The Labute approximate surface area is 92.1 Å². The maximum atomic E-state index is 10.2. The number of rotatable bonds is 5. The molecule has 1 aliphatic carbocycles. The van der Waals surface area contributed by atoms with Crippen LogP contribution in [0.2, 0.25) is 0 Å². The largest absolute Gasteiger partial charge is 0.390 e. The van der Waals surface area contributed by atoms with Crippen LogP contribution in [0.1, 0.15) is 38.2 Å². The molecule has 1 nitrogen and oxygen atoms in total. The van der Waals surface area contributed by atoms with Gasteiger partial charge in [-0.3, -0.25) is 0 Å². The fraction of sp³-hybridized carbons (Fsp3) is 0.571. The van der Waals surface area contributed by atoms with E-state index in [9.17, 15) is 5.11 Å². The van der Waals surface area contributed by atoms with Gasteiger partial charge in [-0.05, 0) is 31.2 Å². The Morgan fingerprint density at radius 1 is 1.27 bits per heavy atom. The van der Waals surface area contributed by atoms with Crippen LogP contribution in [0.4, 0.5) is 0 Å². The molecule has 1 unspecified atom stereocenters. The van der Waals surface area contributed by atoms with Gasteiger partial charge in [0.15, 0.2) is 0 Å². The summed E-state index contributed by atoms with van der Waals surface area (Å²) < 4.78 is 0. The lowest BCUT2D eigenvalue weighted by molar-refractivity contribution is 0.0476. The van der Waals surface area contributed by atoms with Gasteiger partial charge in [0.25, 0.3) is 0 Å². The lowest BCUT2D eigenvalue weighted by Gasteiger charge is -2.23. The smallest absolute Gasteiger partial charge is 0.0660 e. The summed E-state index contributed by atoms with van der Waals surface area (Å²) in [5, 5.41) is 10.2. The highest BCUT2D eigenvalue weighted by molar-refractivity contribution is 5.16. The summed E-state index contributed by atoms with van der Waals surface area (Å²) in [5.41, 5.74) is 0.711. The summed E-state index contributed by atoms with van der Waals surface area (Å²) in [7, 11) is 0. The molecule has 0 aliphatic heterocycles. The lowest BCUT2D eigenvalue weighted by Crippen LogP contribution is -2.27. The summed E-state index contributed by atoms with van der Waals surface area (Å²) in [6.45, 7) is 1.96. The number of hydrogen-bond donors (Lipinski definition) is 1. The predicted octanol–water partition coefficient (Wildman–Crippen LogP) is 3.17. The van der Waals surface area contributed by atoms with Crippen molar-refractivity contribution in [3.8, 4) is 0 Å². The van der Waals surface area contributed by atoms with Crippen LogP contribution in [0, 0.1) is 5.92 Å². The Kier molecular flexibility index (Phi) is 3.11. The molecular formula is C14H20O. The molecule has 0 bridgehead atoms. The van der Waals surface area contributed by atoms with Gasteiger partial charge in [0.05, 0.1) is 5.60 Å². The van der Waals surface area contributed by atoms with Crippen LogP contribution in [-0.4, -0.2) is 10.7 Å². The summed E-state index contributed by atoms with van der Waals surface area (Å²) >= 11 is 0. The fourth-order valence-corrected chi connectivity index (χ4v) is 2.05. The van der Waals surface area contributed by atoms with Crippen molar-refractivity contribution in [2.24, 2.45) is 5.92 Å². The minimum atomic E-state index is -0.524. The molecule has 0 aromatic heterocycles. The fourth-order valence-electron chi connectivity index (χ4n) is 2.05. The van der Waals surface area contributed by atoms with Gasteiger partial charge in [-0.15, -0.1) is 0 Å². The Morgan fingerprint density at radius 2 is 1.93 bits per heavy atom. The highest BCUT2D eigenvalue weighted by atomic mass is 16.3. The summed E-state index contributed by atoms with van der Waals surface area (Å²) in [4.78, 5) is 0. The summed E-state index contributed by atoms with van der Waals surface area (Å²) in [6.07, 6.45) is 5.66. The quantitative estimate of drug-likeness (QED) is 0.781. The molecule has 1 aromatic rings. The molecule has 1 aromatic carbocycles. The van der Waals surface area contributed by atoms with E-state index in [1.165, 1.54) is 24.8 Å². The average Bonchev–Trinajstić information content (AvgIpc) is 2.99. The third-order valence-corrected chi connectivity index (χ3v) is 3.22. The van der Waals surface area contributed by atoms with E-state index in [-0.39, 0.29) is 0 Å². The van der Waals surface area contributed by atoms with E-state index < -0.39 is 5.60 Å². The van der Waals surface area contributed by atoms with Crippen LogP contribution < -0.4 is 0 Å². The van der Waals surface area contributed by atoms with Crippen LogP contribution in [0.15, 0.2) is 30.3 Å². The minimum Gasteiger partial charge on any atom is -0.390 e. The molecule has 0 amide bonds. The second-order valence-corrected chi connectivity index (χ2v) is 5.14. The van der Waals surface area contributed by atoms with Gasteiger partial charge in [0, 0.05) is 6.42 Å². The molecule has 1 N–H and O–H groups in total. The van der Waals surface area contributed by atoms with Gasteiger partial charge in [-0.2, -0.15) is 0 Å². The van der Waals surface area contributed by atoms with Crippen LogP contribution in [0.3, 0.4) is 0 Å². The Balaban J connectivity index is 1.85. The number of benzene rings is 1. The Bertz CT molecular complexity index is 298. The van der Waals surface area contributed by atoms with Crippen LogP contribution >= 0.6 is 0 Å². The van der Waals surface area contributed by atoms with E-state index in [2.05, 4.69) is 12.1 Å². The normalized spacial score (nSPS) is 19.9. The van der Waals surface area contributed by atoms with Gasteiger partial charge in [0.1, 0.15) is 0 Å². The maximum absolute atomic E-state index is 10.2. The van der Waals surface area contributed by atoms with E-state index >= 15 is 0 Å². The molecule has 1 saturated carbocycles. The second-order valence-electron chi connectivity index (χ2n) is 5.14. The zero-order valence-electron chi connectivity index (χ0n) is 9.45. The molecule has 1 atom stereocenters. The molecule has 1 aliphatic rings. The van der Waals surface area contributed by atoms with E-state index in [1.54, 1.807) is 0 Å². The Hall–Kier alpha value is -0.820. The third-order valence-electron chi connectivity index (χ3n) is 3.22. The zero-order chi connectivity index (χ0) is 10.7. The van der Waals surface area contributed by atoms with E-state index in [0.29, 0.717) is 0 Å². The molecule has 0 saturated heterocycles. The van der Waals surface area contributed by atoms with Gasteiger partial charge >= 0.3 is 0 Å². The van der Waals surface area contributed by atoms with Crippen molar-refractivity contribution in [2.45, 2.75) is 44.6 Å². The van der Waals surface area contributed by atoms with E-state index in [0.717, 1.165) is 18.8 Å². The molecule has 1 heteroatoms. The molecule has 0 spiro atoms. The van der Waals surface area contributed by atoms with Crippen molar-refractivity contribution in [1.82, 2.24) is 0 Å². The van der Waals surface area contributed by atoms with Crippen molar-refractivity contribution in [3.05, 3.63) is 35.9 Å². The standard InChI is InChI=1S/C14H20O/c1-14(15,10-9-12-7-8-12)11-13-5-3-2-4-6-13/h2-6,12,15H,7-11H2,1H3. The molecule has 0 radical (unpaired) electrons. The average molecular weight is 204 g/mol. The van der Waals surface area contributed by atoms with Crippen molar-refractivity contribution < 1.29 is 5.11 Å². The van der Waals surface area contributed by atoms with Crippen molar-refractivity contribution in [3.63, 3.8) is 0 Å². The highest BCUT2D eigenvalue weighted by Crippen LogP contribution is 2.35. The molecular weight excluding hydrogens is 184 g/mol. The Morgan fingerprint density at radius 3 is 2.53 bits per heavy atom. The molecule has 0 heterocycles. The van der Waals surface area contributed by atoms with Crippen molar-refractivity contribution >= 4 is 0 Å².